The molecule has 0 saturated heterocycles. The Labute approximate surface area is 174 Å². The molecule has 29 heavy (non-hydrogen) atoms. The average molecular weight is 395 g/mol. The molecule has 2 nitrogen and oxygen atoms in total. The fourth-order valence-electron chi connectivity index (χ4n) is 3.93. The highest BCUT2D eigenvalue weighted by Gasteiger charge is 2.19. The van der Waals surface area contributed by atoms with E-state index in [1.807, 2.05) is 18.5 Å². The van der Waals surface area contributed by atoms with Crippen molar-refractivity contribution in [2.75, 3.05) is 0 Å². The molecule has 0 atom stereocenters. The third-order valence-electron chi connectivity index (χ3n) is 5.39. The van der Waals surface area contributed by atoms with E-state index in [-0.39, 0.29) is 5.41 Å². The number of benzene rings is 2. The molecule has 5 aromatic rings. The molecule has 0 aliphatic carbocycles. The van der Waals surface area contributed by atoms with E-state index >= 15 is 0 Å². The number of hydrogen-bond acceptors (Lipinski definition) is 3. The summed E-state index contributed by atoms with van der Waals surface area (Å²) in [6, 6.07) is 21.6. The molecule has 3 heterocycles. The van der Waals surface area contributed by atoms with E-state index in [1.54, 1.807) is 11.3 Å². The van der Waals surface area contributed by atoms with Crippen LogP contribution >= 0.6 is 11.3 Å². The van der Waals surface area contributed by atoms with Gasteiger partial charge in [0.15, 0.2) is 0 Å². The van der Waals surface area contributed by atoms with Gasteiger partial charge in [0.25, 0.3) is 0 Å². The summed E-state index contributed by atoms with van der Waals surface area (Å²) in [7, 11) is 0. The van der Waals surface area contributed by atoms with Crippen LogP contribution in [0.15, 0.2) is 78.4 Å². The van der Waals surface area contributed by atoms with Gasteiger partial charge in [0.1, 0.15) is 4.83 Å². The lowest BCUT2D eigenvalue weighted by atomic mass is 9.82. The Morgan fingerprint density at radius 3 is 2.45 bits per heavy atom. The van der Waals surface area contributed by atoms with Crippen molar-refractivity contribution in [2.24, 2.45) is 0 Å². The molecule has 0 bridgehead atoms. The van der Waals surface area contributed by atoms with E-state index in [9.17, 15) is 0 Å². The van der Waals surface area contributed by atoms with Crippen molar-refractivity contribution in [3.8, 4) is 22.4 Å². The molecule has 0 unspecified atom stereocenters. The van der Waals surface area contributed by atoms with Gasteiger partial charge < -0.3 is 0 Å². The molecule has 0 saturated carbocycles. The first-order valence-electron chi connectivity index (χ1n) is 9.83. The Bertz CT molecular complexity index is 1340. The van der Waals surface area contributed by atoms with E-state index in [0.29, 0.717) is 0 Å². The zero-order valence-electron chi connectivity index (χ0n) is 16.8. The molecule has 0 fully saturated rings. The summed E-state index contributed by atoms with van der Waals surface area (Å²) in [6.07, 6.45) is 3.76. The summed E-state index contributed by atoms with van der Waals surface area (Å²) in [4.78, 5) is 10.3. The van der Waals surface area contributed by atoms with Crippen molar-refractivity contribution in [1.29, 1.82) is 0 Å². The summed E-state index contributed by atoms with van der Waals surface area (Å²) >= 11 is 1.69. The van der Waals surface area contributed by atoms with Gasteiger partial charge in [-0.15, -0.1) is 11.3 Å². The van der Waals surface area contributed by atoms with Gasteiger partial charge in [-0.2, -0.15) is 0 Å². The van der Waals surface area contributed by atoms with Crippen molar-refractivity contribution in [1.82, 2.24) is 9.97 Å². The van der Waals surface area contributed by atoms with Crippen LogP contribution in [-0.4, -0.2) is 9.97 Å². The van der Waals surface area contributed by atoms with Gasteiger partial charge in [-0.05, 0) is 63.7 Å². The van der Waals surface area contributed by atoms with Gasteiger partial charge >= 0.3 is 0 Å². The first-order valence-corrected chi connectivity index (χ1v) is 10.7. The van der Waals surface area contributed by atoms with E-state index in [2.05, 4.69) is 85.7 Å². The van der Waals surface area contributed by atoms with Crippen molar-refractivity contribution < 1.29 is 0 Å². The summed E-state index contributed by atoms with van der Waals surface area (Å²) in [5.41, 5.74) is 5.97. The number of thiophene rings is 1. The Morgan fingerprint density at radius 2 is 1.59 bits per heavy atom. The molecule has 5 rings (SSSR count). The summed E-state index contributed by atoms with van der Waals surface area (Å²) < 4.78 is 0. The highest BCUT2D eigenvalue weighted by Crippen LogP contribution is 2.37. The summed E-state index contributed by atoms with van der Waals surface area (Å²) in [6.45, 7) is 6.81. The van der Waals surface area contributed by atoms with Crippen LogP contribution in [0.4, 0.5) is 0 Å². The second-order valence-corrected chi connectivity index (χ2v) is 9.29. The fraction of sp³-hybridized carbons (Fsp3) is 0.154. The standard InChI is InChI=1S/C26H22N2S/c1-26(2,3)23-14-19(13-17-7-4-5-8-20(17)23)24-15-18(10-12-27-24)22-16-29-25-21(22)9-6-11-28-25/h4-16H,1-3H3. The quantitative estimate of drug-likeness (QED) is 0.310. The maximum absolute atomic E-state index is 4.72. The molecule has 142 valence electrons. The minimum absolute atomic E-state index is 0.0580. The van der Waals surface area contributed by atoms with Crippen LogP contribution in [0.5, 0.6) is 0 Å². The zero-order valence-corrected chi connectivity index (χ0v) is 17.6. The molecule has 2 aromatic carbocycles. The minimum Gasteiger partial charge on any atom is -0.256 e. The lowest BCUT2D eigenvalue weighted by Gasteiger charge is -2.22. The number of pyridine rings is 2. The van der Waals surface area contributed by atoms with Crippen molar-refractivity contribution >= 4 is 32.3 Å². The number of rotatable bonds is 2. The van der Waals surface area contributed by atoms with Crippen molar-refractivity contribution in [2.45, 2.75) is 26.2 Å². The predicted octanol–water partition coefficient (Wildman–Crippen LogP) is 7.48. The largest absolute Gasteiger partial charge is 0.256 e. The van der Waals surface area contributed by atoms with Crippen molar-refractivity contribution in [3.63, 3.8) is 0 Å². The van der Waals surface area contributed by atoms with Gasteiger partial charge in [0.05, 0.1) is 5.69 Å². The van der Waals surface area contributed by atoms with Gasteiger partial charge in [-0.1, -0.05) is 45.0 Å². The summed E-state index contributed by atoms with van der Waals surface area (Å²) in [5.74, 6) is 0. The molecule has 3 heteroatoms. The first-order chi connectivity index (χ1) is 14.0. The van der Waals surface area contributed by atoms with Gasteiger partial charge in [-0.25, -0.2) is 4.98 Å². The van der Waals surface area contributed by atoms with E-state index in [4.69, 9.17) is 4.98 Å². The Balaban J connectivity index is 1.69. The normalized spacial score (nSPS) is 12.0. The predicted molar refractivity (Wildman–Crippen MR) is 124 cm³/mol. The van der Waals surface area contributed by atoms with Crippen LogP contribution in [-0.2, 0) is 5.41 Å². The third kappa shape index (κ3) is 3.22. The molecule has 0 aliphatic heterocycles. The maximum Gasteiger partial charge on any atom is 0.123 e. The van der Waals surface area contributed by atoms with Gasteiger partial charge in [-0.3, -0.25) is 4.98 Å². The van der Waals surface area contributed by atoms with Crippen molar-refractivity contribution in [3.05, 3.63) is 84.0 Å². The molecule has 0 radical (unpaired) electrons. The Hall–Kier alpha value is -3.04. The van der Waals surface area contributed by atoms with E-state index in [1.165, 1.54) is 32.8 Å². The molecule has 3 aromatic heterocycles. The smallest absolute Gasteiger partial charge is 0.123 e. The minimum atomic E-state index is 0.0580. The topological polar surface area (TPSA) is 25.8 Å². The number of fused-ring (bicyclic) bond motifs is 2. The molecule has 0 amide bonds. The molecular formula is C26H22N2S. The molecule has 0 aliphatic rings. The second-order valence-electron chi connectivity index (χ2n) is 8.43. The zero-order chi connectivity index (χ0) is 20.0. The molecular weight excluding hydrogens is 372 g/mol. The fourth-order valence-corrected chi connectivity index (χ4v) is 4.85. The second kappa shape index (κ2) is 6.78. The lowest BCUT2D eigenvalue weighted by Crippen LogP contribution is -2.12. The van der Waals surface area contributed by atoms with Gasteiger partial charge in [0.2, 0.25) is 0 Å². The highest BCUT2D eigenvalue weighted by atomic mass is 32.1. The number of aromatic nitrogens is 2. The Kier molecular flexibility index (Phi) is 4.21. The third-order valence-corrected chi connectivity index (χ3v) is 6.29. The Morgan fingerprint density at radius 1 is 0.759 bits per heavy atom. The number of nitrogens with zero attached hydrogens (tertiary/aromatic N) is 2. The number of hydrogen-bond donors (Lipinski definition) is 0. The van der Waals surface area contributed by atoms with Crippen LogP contribution in [0, 0.1) is 0 Å². The van der Waals surface area contributed by atoms with Crippen LogP contribution in [0.1, 0.15) is 26.3 Å². The maximum atomic E-state index is 4.72. The highest BCUT2D eigenvalue weighted by molar-refractivity contribution is 7.17. The van der Waals surface area contributed by atoms with Crippen LogP contribution < -0.4 is 0 Å². The monoisotopic (exact) mass is 394 g/mol. The van der Waals surface area contributed by atoms with Crippen LogP contribution in [0.3, 0.4) is 0 Å². The average Bonchev–Trinajstić information content (AvgIpc) is 3.16. The lowest BCUT2D eigenvalue weighted by molar-refractivity contribution is 0.596. The van der Waals surface area contributed by atoms with Gasteiger partial charge in [0, 0.05) is 34.3 Å². The van der Waals surface area contributed by atoms with Crippen LogP contribution in [0.2, 0.25) is 0 Å². The summed E-state index contributed by atoms with van der Waals surface area (Å²) in [5, 5.41) is 5.96. The van der Waals surface area contributed by atoms with Crippen LogP contribution in [0.25, 0.3) is 43.4 Å². The first kappa shape index (κ1) is 18.0. The van der Waals surface area contributed by atoms with E-state index in [0.717, 1.165) is 16.1 Å². The molecule has 0 spiro atoms. The SMILES string of the molecule is CC(C)(C)c1cc(-c2cc(-c3csc4ncccc34)ccn2)cc2ccccc12. The van der Waals surface area contributed by atoms with E-state index < -0.39 is 0 Å². The molecule has 0 N–H and O–H groups in total.